The molecule has 0 bridgehead atoms. The van der Waals surface area contributed by atoms with Crippen molar-refractivity contribution < 1.29 is 0 Å². The fourth-order valence-electron chi connectivity index (χ4n) is 3.42. The highest BCUT2D eigenvalue weighted by Gasteiger charge is 2.17. The summed E-state index contributed by atoms with van der Waals surface area (Å²) < 4.78 is 0. The van der Waals surface area contributed by atoms with Gasteiger partial charge in [-0.1, -0.05) is 113 Å². The second kappa shape index (κ2) is 16.4. The highest BCUT2D eigenvalue weighted by atomic mass is 14.2. The lowest BCUT2D eigenvalue weighted by atomic mass is 9.82. The minimum Gasteiger partial charge on any atom is -0.0683 e. The number of rotatable bonds is 2. The van der Waals surface area contributed by atoms with E-state index >= 15 is 0 Å². The Labute approximate surface area is 137 Å². The van der Waals surface area contributed by atoms with Crippen LogP contribution < -0.4 is 0 Å². The van der Waals surface area contributed by atoms with Crippen LogP contribution in [0, 0.1) is 23.7 Å². The van der Waals surface area contributed by atoms with E-state index in [1.54, 1.807) is 0 Å². The molecule has 0 aromatic heterocycles. The van der Waals surface area contributed by atoms with Gasteiger partial charge in [-0.25, -0.2) is 0 Å². The number of hydrogen-bond acceptors (Lipinski definition) is 0. The molecule has 0 heteroatoms. The van der Waals surface area contributed by atoms with Crippen molar-refractivity contribution in [1.82, 2.24) is 0 Å². The highest BCUT2D eigenvalue weighted by molar-refractivity contribution is 4.69. The molecule has 2 saturated carbocycles. The minimum absolute atomic E-state index is 0.935. The van der Waals surface area contributed by atoms with E-state index < -0.39 is 0 Å². The quantitative estimate of drug-likeness (QED) is 0.483. The molecule has 0 atom stereocenters. The lowest BCUT2D eigenvalue weighted by Gasteiger charge is -2.24. The largest absolute Gasteiger partial charge is 0.0683 e. The van der Waals surface area contributed by atoms with Crippen LogP contribution in [-0.2, 0) is 0 Å². The minimum atomic E-state index is 0.935. The van der Waals surface area contributed by atoms with Gasteiger partial charge in [-0.3, -0.25) is 0 Å². The maximum absolute atomic E-state index is 2.36. The van der Waals surface area contributed by atoms with Gasteiger partial charge in [-0.15, -0.1) is 0 Å². The monoisotopic (exact) mass is 298 g/mol. The molecule has 130 valence electrons. The van der Waals surface area contributed by atoms with Crippen LogP contribution in [0.5, 0.6) is 0 Å². The fourth-order valence-corrected chi connectivity index (χ4v) is 3.42. The Bertz CT molecular complexity index is 168. The highest BCUT2D eigenvalue weighted by Crippen LogP contribution is 2.30. The molecule has 21 heavy (non-hydrogen) atoms. The summed E-state index contributed by atoms with van der Waals surface area (Å²) in [5, 5.41) is 0. The van der Waals surface area contributed by atoms with Gasteiger partial charge >= 0.3 is 0 Å². The average Bonchev–Trinajstić information content (AvgIpc) is 3.07. The van der Waals surface area contributed by atoms with E-state index in [4.69, 9.17) is 0 Å². The van der Waals surface area contributed by atoms with Crippen LogP contribution in [0.4, 0.5) is 0 Å². The molecule has 0 heterocycles. The molecule has 0 spiro atoms. The van der Waals surface area contributed by atoms with Crippen molar-refractivity contribution in [3.05, 3.63) is 0 Å². The van der Waals surface area contributed by atoms with Crippen molar-refractivity contribution in [2.45, 2.75) is 113 Å². The van der Waals surface area contributed by atoms with Gasteiger partial charge in [0.05, 0.1) is 0 Å². The van der Waals surface area contributed by atoms with Crippen LogP contribution in [-0.4, -0.2) is 0 Å². The van der Waals surface area contributed by atoms with E-state index in [1.165, 1.54) is 57.8 Å². The van der Waals surface area contributed by atoms with E-state index in [2.05, 4.69) is 27.7 Å². The van der Waals surface area contributed by atoms with Crippen molar-refractivity contribution in [3.8, 4) is 0 Å². The smallest absolute Gasteiger partial charge is 0.0391 e. The molecule has 0 aliphatic heterocycles. The van der Waals surface area contributed by atoms with Crippen molar-refractivity contribution in [2.24, 2.45) is 23.7 Å². The third-order valence-corrected chi connectivity index (χ3v) is 4.94. The van der Waals surface area contributed by atoms with E-state index in [-0.39, 0.29) is 0 Å². The van der Waals surface area contributed by atoms with Gasteiger partial charge in [0.25, 0.3) is 0 Å². The zero-order valence-corrected chi connectivity index (χ0v) is 16.7. The molecule has 2 aliphatic rings. The van der Waals surface area contributed by atoms with Crippen LogP contribution in [0.1, 0.15) is 113 Å². The Kier molecular flexibility index (Phi) is 18.1. The maximum Gasteiger partial charge on any atom is -0.0391 e. The summed E-state index contributed by atoms with van der Waals surface area (Å²) in [7, 11) is 0. The van der Waals surface area contributed by atoms with Crippen molar-refractivity contribution in [2.75, 3.05) is 0 Å². The first-order valence-corrected chi connectivity index (χ1v) is 10.1. The van der Waals surface area contributed by atoms with Gasteiger partial charge in [-0.2, -0.15) is 0 Å². The second-order valence-corrected chi connectivity index (χ2v) is 6.93. The first-order valence-electron chi connectivity index (χ1n) is 10.1. The van der Waals surface area contributed by atoms with Crippen molar-refractivity contribution in [1.29, 1.82) is 0 Å². The van der Waals surface area contributed by atoms with E-state index in [0.29, 0.717) is 0 Å². The topological polar surface area (TPSA) is 0 Å². The SMILES string of the molecule is CC.CC.CC(C)C1CCCC1.CC(C)C1CCCCC1. The predicted octanol–water partition coefficient (Wildman–Crippen LogP) is 8.11. The van der Waals surface area contributed by atoms with Crippen LogP contribution >= 0.6 is 0 Å². The van der Waals surface area contributed by atoms with Crippen LogP contribution in [0.3, 0.4) is 0 Å². The zero-order valence-electron chi connectivity index (χ0n) is 16.7. The summed E-state index contributed by atoms with van der Waals surface area (Å²) in [6.07, 6.45) is 13.4. The van der Waals surface area contributed by atoms with Gasteiger partial charge in [0.1, 0.15) is 0 Å². The van der Waals surface area contributed by atoms with Crippen LogP contribution in [0.2, 0.25) is 0 Å². The molecule has 0 radical (unpaired) electrons. The van der Waals surface area contributed by atoms with Gasteiger partial charge in [0, 0.05) is 0 Å². The molecule has 0 aromatic carbocycles. The van der Waals surface area contributed by atoms with E-state index in [1.807, 2.05) is 27.7 Å². The molecule has 0 amide bonds. The standard InChI is InChI=1S/C9H18.C8H16.2C2H6/c1-8(2)9-6-4-3-5-7-9;1-7(2)8-5-3-4-6-8;2*1-2/h8-9H,3-7H2,1-2H3;7-8H,3-6H2,1-2H3;2*1-2H3. The molecular formula is C21H46. The van der Waals surface area contributed by atoms with Crippen molar-refractivity contribution >= 4 is 0 Å². The van der Waals surface area contributed by atoms with E-state index in [9.17, 15) is 0 Å². The maximum atomic E-state index is 2.36. The molecule has 0 aromatic rings. The van der Waals surface area contributed by atoms with Crippen LogP contribution in [0.15, 0.2) is 0 Å². The van der Waals surface area contributed by atoms with Gasteiger partial charge in [-0.05, 0) is 23.7 Å². The summed E-state index contributed by atoms with van der Waals surface area (Å²) in [6.45, 7) is 17.4. The third kappa shape index (κ3) is 12.2. The van der Waals surface area contributed by atoms with E-state index in [0.717, 1.165) is 23.7 Å². The first-order chi connectivity index (χ1) is 10.1. The molecule has 0 N–H and O–H groups in total. The molecular weight excluding hydrogens is 252 g/mol. The molecule has 0 unspecified atom stereocenters. The van der Waals surface area contributed by atoms with Gasteiger partial charge in [0.15, 0.2) is 0 Å². The molecule has 0 nitrogen and oxygen atoms in total. The summed E-state index contributed by atoms with van der Waals surface area (Å²) in [5.41, 5.74) is 0. The van der Waals surface area contributed by atoms with Gasteiger partial charge in [0.2, 0.25) is 0 Å². The zero-order chi connectivity index (χ0) is 16.7. The summed E-state index contributed by atoms with van der Waals surface area (Å²) >= 11 is 0. The Morgan fingerprint density at radius 1 is 0.476 bits per heavy atom. The van der Waals surface area contributed by atoms with Gasteiger partial charge < -0.3 is 0 Å². The second-order valence-electron chi connectivity index (χ2n) is 6.93. The lowest BCUT2D eigenvalue weighted by molar-refractivity contribution is 0.279. The Hall–Kier alpha value is 0. The summed E-state index contributed by atoms with van der Waals surface area (Å²) in [6, 6.07) is 0. The van der Waals surface area contributed by atoms with Crippen molar-refractivity contribution in [3.63, 3.8) is 0 Å². The first kappa shape index (κ1) is 23.3. The average molecular weight is 299 g/mol. The Morgan fingerprint density at radius 3 is 0.905 bits per heavy atom. The lowest BCUT2D eigenvalue weighted by Crippen LogP contribution is -2.12. The summed E-state index contributed by atoms with van der Waals surface area (Å²) in [4.78, 5) is 0. The predicted molar refractivity (Wildman–Crippen MR) is 101 cm³/mol. The van der Waals surface area contributed by atoms with Crippen LogP contribution in [0.25, 0.3) is 0 Å². The summed E-state index contributed by atoms with van der Waals surface area (Å²) in [5.74, 6) is 4.00. The Morgan fingerprint density at radius 2 is 0.714 bits per heavy atom. The molecule has 2 fully saturated rings. The molecule has 0 saturated heterocycles. The third-order valence-electron chi connectivity index (χ3n) is 4.94. The Balaban J connectivity index is 0. The molecule has 2 rings (SSSR count). The fraction of sp³-hybridized carbons (Fsp3) is 1.00. The normalized spacial score (nSPS) is 19.1. The number of hydrogen-bond donors (Lipinski definition) is 0. The molecule has 2 aliphatic carbocycles.